The fourth-order valence-corrected chi connectivity index (χ4v) is 4.59. The van der Waals surface area contributed by atoms with Gasteiger partial charge in [-0.3, -0.25) is 9.36 Å². The van der Waals surface area contributed by atoms with Gasteiger partial charge in [-0.25, -0.2) is 4.39 Å². The van der Waals surface area contributed by atoms with Gasteiger partial charge in [0.25, 0.3) is 5.56 Å². The quantitative estimate of drug-likeness (QED) is 0.144. The number of hydrogen-bond donors (Lipinski definition) is 0. The highest BCUT2D eigenvalue weighted by Crippen LogP contribution is 2.29. The van der Waals surface area contributed by atoms with Gasteiger partial charge in [0.15, 0.2) is 18.3 Å². The summed E-state index contributed by atoms with van der Waals surface area (Å²) < 4.78 is 31.4. The molecule has 0 aliphatic rings. The van der Waals surface area contributed by atoms with E-state index in [9.17, 15) is 9.18 Å². The van der Waals surface area contributed by atoms with Crippen molar-refractivity contribution in [3.8, 4) is 17.2 Å². The number of benzene rings is 2. The molecule has 0 bridgehead atoms. The molecule has 1 aromatic heterocycles. The number of nitrogens with zero attached hydrogens (tertiary/aromatic N) is 1. The summed E-state index contributed by atoms with van der Waals surface area (Å²) in [6.07, 6.45) is 1.75. The molecule has 0 N–H and O–H groups in total. The molecule has 177 valence electrons. The molecular weight excluding hydrogens is 457 g/mol. The van der Waals surface area contributed by atoms with Crippen LogP contribution in [0.1, 0.15) is 5.56 Å². The Morgan fingerprint density at radius 3 is 2.42 bits per heavy atom. The van der Waals surface area contributed by atoms with Gasteiger partial charge >= 0.3 is 0 Å². The third-order valence-corrected chi connectivity index (χ3v) is 7.71. The second-order valence-electron chi connectivity index (χ2n) is 8.80. The highest BCUT2D eigenvalue weighted by atomic mass is 32.2. The number of methoxy groups -OCH3 is 1. The minimum absolute atomic E-state index is 0.141. The van der Waals surface area contributed by atoms with Crippen molar-refractivity contribution in [1.82, 2.24) is 4.57 Å². The predicted molar refractivity (Wildman–Crippen MR) is 134 cm³/mol. The van der Waals surface area contributed by atoms with Gasteiger partial charge in [-0.2, -0.15) is 19.6 Å². The van der Waals surface area contributed by atoms with Crippen molar-refractivity contribution in [2.75, 3.05) is 20.5 Å². The molecule has 0 fully saturated rings. The molecule has 0 spiro atoms. The second-order valence-corrected chi connectivity index (χ2v) is 15.5. The normalized spacial score (nSPS) is 11.4. The third-order valence-electron chi connectivity index (χ3n) is 4.92. The van der Waals surface area contributed by atoms with Crippen LogP contribution in [0.4, 0.5) is 4.39 Å². The average Bonchev–Trinajstić information content (AvgIpc) is 2.78. The molecule has 0 aliphatic heterocycles. The maximum atomic E-state index is 13.0. The van der Waals surface area contributed by atoms with E-state index >= 15 is 0 Å². The third kappa shape index (κ3) is 7.77. The SMILES string of the molecule is COc1cc(-n2ccc(CSc3ccc(F)cc3)cc2=O)ccc1OCOCC[Si-](C)(C)C. The number of ether oxygens (including phenoxy) is 3. The van der Waals surface area contributed by atoms with E-state index in [2.05, 4.69) is 19.6 Å². The maximum absolute atomic E-state index is 13.0. The van der Waals surface area contributed by atoms with E-state index in [-0.39, 0.29) is 18.2 Å². The lowest BCUT2D eigenvalue weighted by atomic mass is 10.2. The first-order valence-corrected chi connectivity index (χ1v) is 15.4. The lowest BCUT2D eigenvalue weighted by Gasteiger charge is -2.26. The Bertz CT molecular complexity index is 1110. The van der Waals surface area contributed by atoms with Crippen LogP contribution in [0.2, 0.25) is 25.7 Å². The monoisotopic (exact) mass is 487 g/mol. The van der Waals surface area contributed by atoms with Crippen LogP contribution in [0.25, 0.3) is 5.69 Å². The molecule has 5 nitrogen and oxygen atoms in total. The van der Waals surface area contributed by atoms with Gasteiger partial charge in [-0.15, -0.1) is 25.9 Å². The number of hydrogen-bond acceptors (Lipinski definition) is 5. The zero-order valence-electron chi connectivity index (χ0n) is 19.5. The van der Waals surface area contributed by atoms with E-state index in [4.69, 9.17) is 14.2 Å². The number of aromatic nitrogens is 1. The van der Waals surface area contributed by atoms with Crippen LogP contribution in [-0.2, 0) is 10.5 Å². The molecule has 3 aromatic rings. The molecule has 1 heterocycles. The maximum Gasteiger partial charge on any atom is 0.255 e. The first-order valence-electron chi connectivity index (χ1n) is 10.7. The summed E-state index contributed by atoms with van der Waals surface area (Å²) in [6.45, 7) is 7.74. The summed E-state index contributed by atoms with van der Waals surface area (Å²) in [6, 6.07) is 16.3. The number of pyridine rings is 1. The average molecular weight is 488 g/mol. The summed E-state index contributed by atoms with van der Waals surface area (Å²) in [5, 5.41) is 0. The van der Waals surface area contributed by atoms with E-state index in [1.165, 1.54) is 12.1 Å². The Kier molecular flexibility index (Phi) is 8.77. The summed E-state index contributed by atoms with van der Waals surface area (Å²) in [5.74, 6) is 1.46. The summed E-state index contributed by atoms with van der Waals surface area (Å²) in [4.78, 5) is 13.7. The van der Waals surface area contributed by atoms with Crippen molar-refractivity contribution in [2.24, 2.45) is 0 Å². The molecule has 8 heteroatoms. The van der Waals surface area contributed by atoms with Crippen LogP contribution >= 0.6 is 11.8 Å². The van der Waals surface area contributed by atoms with Gasteiger partial charge in [0, 0.05) is 35.6 Å². The van der Waals surface area contributed by atoms with Crippen LogP contribution in [0.5, 0.6) is 11.5 Å². The molecule has 0 atom stereocenters. The smallest absolute Gasteiger partial charge is 0.255 e. The van der Waals surface area contributed by atoms with Crippen LogP contribution in [0.15, 0.2) is 70.5 Å². The Morgan fingerprint density at radius 1 is 1.00 bits per heavy atom. The van der Waals surface area contributed by atoms with Crippen LogP contribution in [0, 0.1) is 5.82 Å². The highest BCUT2D eigenvalue weighted by molar-refractivity contribution is 7.98. The zero-order chi connectivity index (χ0) is 23.8. The fourth-order valence-electron chi connectivity index (χ4n) is 2.99. The molecule has 0 saturated heterocycles. The van der Waals surface area contributed by atoms with Gasteiger partial charge in [0.2, 0.25) is 0 Å². The zero-order valence-corrected chi connectivity index (χ0v) is 21.3. The largest absolute Gasteiger partial charge is 0.493 e. The van der Waals surface area contributed by atoms with E-state index in [1.807, 2.05) is 12.1 Å². The van der Waals surface area contributed by atoms with E-state index in [0.717, 1.165) is 16.5 Å². The van der Waals surface area contributed by atoms with Crippen LogP contribution in [-0.4, -0.2) is 33.2 Å². The van der Waals surface area contributed by atoms with Crippen molar-refractivity contribution >= 4 is 19.8 Å². The van der Waals surface area contributed by atoms with E-state index in [0.29, 0.717) is 29.5 Å². The second kappa shape index (κ2) is 11.5. The van der Waals surface area contributed by atoms with E-state index in [1.54, 1.807) is 60.0 Å². The first-order chi connectivity index (χ1) is 15.7. The number of thioether (sulfide) groups is 1. The minimum Gasteiger partial charge on any atom is -0.493 e. The molecule has 3 rings (SSSR count). The molecule has 0 unspecified atom stereocenters. The Morgan fingerprint density at radius 2 is 1.76 bits per heavy atom. The van der Waals surface area contributed by atoms with Crippen LogP contribution in [0.3, 0.4) is 0 Å². The van der Waals surface area contributed by atoms with Crippen molar-refractivity contribution in [3.05, 3.63) is 82.5 Å². The van der Waals surface area contributed by atoms with Crippen molar-refractivity contribution in [3.63, 3.8) is 0 Å². The van der Waals surface area contributed by atoms with E-state index < -0.39 is 8.07 Å². The van der Waals surface area contributed by atoms with Gasteiger partial charge in [-0.05, 0) is 48.0 Å². The molecule has 0 saturated carbocycles. The topological polar surface area (TPSA) is 49.7 Å². The molecule has 2 aromatic carbocycles. The Balaban J connectivity index is 1.63. The molecule has 0 aliphatic carbocycles. The van der Waals surface area contributed by atoms with Gasteiger partial charge in [0.05, 0.1) is 12.8 Å². The van der Waals surface area contributed by atoms with Crippen molar-refractivity contribution in [2.45, 2.75) is 36.3 Å². The lowest BCUT2D eigenvalue weighted by molar-refractivity contribution is 0.0205. The fraction of sp³-hybridized carbons (Fsp3) is 0.320. The standard InChI is InChI=1S/C25H30FNO4SSi/c1-29-24-16-21(7-10-23(24)31-18-30-13-14-33(2,3)4)27-12-11-19(15-25(27)28)17-32-22-8-5-20(26)6-9-22/h5-12,15-16H,13-14,17-18H2,1-4H3/q-1. The summed E-state index contributed by atoms with van der Waals surface area (Å²) >= 11 is 1.55. The molecule has 0 radical (unpaired) electrons. The van der Waals surface area contributed by atoms with Gasteiger partial charge in [-0.1, -0.05) is 0 Å². The van der Waals surface area contributed by atoms with Crippen molar-refractivity contribution in [1.29, 1.82) is 0 Å². The predicted octanol–water partition coefficient (Wildman–Crippen LogP) is 5.97. The minimum atomic E-state index is -1.14. The highest BCUT2D eigenvalue weighted by Gasteiger charge is 2.09. The molecule has 0 amide bonds. The summed E-state index contributed by atoms with van der Waals surface area (Å²) in [7, 11) is 0.430. The summed E-state index contributed by atoms with van der Waals surface area (Å²) in [5.41, 5.74) is 1.44. The number of halogens is 1. The molecular formula is C25H30FNO4SSi-. The lowest BCUT2D eigenvalue weighted by Crippen LogP contribution is -2.22. The first kappa shape index (κ1) is 25.1. The van der Waals surface area contributed by atoms with Gasteiger partial charge < -0.3 is 14.2 Å². The van der Waals surface area contributed by atoms with Crippen LogP contribution < -0.4 is 15.0 Å². The van der Waals surface area contributed by atoms with Gasteiger partial charge in [0.1, 0.15) is 5.82 Å². The Labute approximate surface area is 199 Å². The molecule has 33 heavy (non-hydrogen) atoms. The van der Waals surface area contributed by atoms with Crippen molar-refractivity contribution < 1.29 is 18.6 Å². The Hall–Kier alpha value is -2.55. The number of rotatable bonds is 11.